The molecule has 0 spiro atoms. The van der Waals surface area contributed by atoms with Crippen molar-refractivity contribution >= 4 is 11.8 Å². The normalized spacial score (nSPS) is 16.5. The van der Waals surface area contributed by atoms with E-state index in [0.717, 1.165) is 32.4 Å². The minimum atomic E-state index is -0.252. The number of hydrogen-bond acceptors (Lipinski definition) is 4. The van der Waals surface area contributed by atoms with E-state index in [2.05, 4.69) is 5.32 Å². The SMILES string of the molecule is COCCCNC(=O)CN(C)C(C)C(=O)N1CCCC1. The van der Waals surface area contributed by atoms with Gasteiger partial charge in [-0.25, -0.2) is 0 Å². The van der Waals surface area contributed by atoms with Crippen molar-refractivity contribution in [1.82, 2.24) is 15.1 Å². The van der Waals surface area contributed by atoms with E-state index < -0.39 is 0 Å². The van der Waals surface area contributed by atoms with Gasteiger partial charge in [0.15, 0.2) is 0 Å². The summed E-state index contributed by atoms with van der Waals surface area (Å²) in [5, 5.41) is 2.83. The van der Waals surface area contributed by atoms with E-state index in [1.807, 2.05) is 18.9 Å². The Morgan fingerprint density at radius 3 is 2.60 bits per heavy atom. The molecule has 1 saturated heterocycles. The van der Waals surface area contributed by atoms with Gasteiger partial charge in [0.05, 0.1) is 12.6 Å². The molecule has 2 amide bonds. The number of methoxy groups -OCH3 is 1. The van der Waals surface area contributed by atoms with Crippen molar-refractivity contribution < 1.29 is 14.3 Å². The van der Waals surface area contributed by atoms with Crippen molar-refractivity contribution in [2.75, 3.05) is 46.9 Å². The van der Waals surface area contributed by atoms with Crippen LogP contribution in [-0.4, -0.2) is 74.6 Å². The second-order valence-electron chi connectivity index (χ2n) is 5.32. The summed E-state index contributed by atoms with van der Waals surface area (Å²) in [4.78, 5) is 27.6. The standard InChI is InChI=1S/C14H27N3O3/c1-12(14(19)17-8-4-5-9-17)16(2)11-13(18)15-7-6-10-20-3/h12H,4-11H2,1-3H3,(H,15,18). The molecule has 1 rings (SSSR count). The van der Waals surface area contributed by atoms with Crippen LogP contribution in [0.25, 0.3) is 0 Å². The summed E-state index contributed by atoms with van der Waals surface area (Å²) in [5.41, 5.74) is 0. The minimum absolute atomic E-state index is 0.0512. The van der Waals surface area contributed by atoms with Crippen LogP contribution in [0.5, 0.6) is 0 Å². The molecule has 0 aliphatic carbocycles. The maximum atomic E-state index is 12.2. The van der Waals surface area contributed by atoms with Crippen molar-refractivity contribution in [3.63, 3.8) is 0 Å². The molecule has 1 aliphatic rings. The lowest BCUT2D eigenvalue weighted by molar-refractivity contribution is -0.135. The number of likely N-dealkylation sites (N-methyl/N-ethyl adjacent to an activating group) is 1. The van der Waals surface area contributed by atoms with Gasteiger partial charge < -0.3 is 15.0 Å². The summed E-state index contributed by atoms with van der Waals surface area (Å²) < 4.78 is 4.92. The smallest absolute Gasteiger partial charge is 0.239 e. The molecule has 1 N–H and O–H groups in total. The van der Waals surface area contributed by atoms with E-state index in [0.29, 0.717) is 13.2 Å². The highest BCUT2D eigenvalue weighted by molar-refractivity contribution is 5.83. The summed E-state index contributed by atoms with van der Waals surface area (Å²) in [6.07, 6.45) is 2.97. The van der Waals surface area contributed by atoms with Crippen LogP contribution >= 0.6 is 0 Å². The van der Waals surface area contributed by atoms with Gasteiger partial charge in [0.25, 0.3) is 0 Å². The first-order valence-corrected chi connectivity index (χ1v) is 7.31. The molecule has 116 valence electrons. The van der Waals surface area contributed by atoms with Crippen LogP contribution in [0.3, 0.4) is 0 Å². The number of rotatable bonds is 8. The van der Waals surface area contributed by atoms with Gasteiger partial charge in [0, 0.05) is 33.4 Å². The first-order valence-electron chi connectivity index (χ1n) is 7.31. The highest BCUT2D eigenvalue weighted by atomic mass is 16.5. The van der Waals surface area contributed by atoms with E-state index in [1.54, 1.807) is 12.0 Å². The van der Waals surface area contributed by atoms with Crippen molar-refractivity contribution in [2.45, 2.75) is 32.2 Å². The largest absolute Gasteiger partial charge is 0.385 e. The molecule has 20 heavy (non-hydrogen) atoms. The monoisotopic (exact) mass is 285 g/mol. The number of likely N-dealkylation sites (tertiary alicyclic amines) is 1. The number of amides is 2. The maximum absolute atomic E-state index is 12.2. The average molecular weight is 285 g/mol. The van der Waals surface area contributed by atoms with Gasteiger partial charge >= 0.3 is 0 Å². The number of carbonyl (C=O) groups excluding carboxylic acids is 2. The Kier molecular flexibility index (Phi) is 7.54. The van der Waals surface area contributed by atoms with Crippen LogP contribution in [0.15, 0.2) is 0 Å². The second-order valence-corrected chi connectivity index (χ2v) is 5.32. The molecule has 1 atom stereocenters. The number of hydrogen-bond donors (Lipinski definition) is 1. The number of nitrogens with one attached hydrogen (secondary N) is 1. The molecule has 0 radical (unpaired) electrons. The third-order valence-electron chi connectivity index (χ3n) is 3.68. The lowest BCUT2D eigenvalue weighted by Crippen LogP contribution is -2.47. The zero-order valence-corrected chi connectivity index (χ0v) is 12.9. The molecule has 0 aromatic carbocycles. The molecule has 0 aromatic rings. The van der Waals surface area contributed by atoms with Gasteiger partial charge in [-0.3, -0.25) is 14.5 Å². The summed E-state index contributed by atoms with van der Waals surface area (Å²) in [6.45, 7) is 5.04. The van der Waals surface area contributed by atoms with Gasteiger partial charge in [0.1, 0.15) is 0 Å². The molecule has 0 bridgehead atoms. The molecule has 6 heteroatoms. The Morgan fingerprint density at radius 1 is 1.35 bits per heavy atom. The molecule has 0 saturated carbocycles. The number of ether oxygens (including phenoxy) is 1. The molecule has 1 unspecified atom stereocenters. The Hall–Kier alpha value is -1.14. The summed E-state index contributed by atoms with van der Waals surface area (Å²) in [7, 11) is 3.45. The minimum Gasteiger partial charge on any atom is -0.385 e. The highest BCUT2D eigenvalue weighted by Gasteiger charge is 2.26. The number of nitrogens with zero attached hydrogens (tertiary/aromatic N) is 2. The van der Waals surface area contributed by atoms with Crippen LogP contribution in [0, 0.1) is 0 Å². The summed E-state index contributed by atoms with van der Waals surface area (Å²) in [5.74, 6) is 0.0712. The Balaban J connectivity index is 2.27. The van der Waals surface area contributed by atoms with Crippen LogP contribution in [0.2, 0.25) is 0 Å². The van der Waals surface area contributed by atoms with Gasteiger partial charge in [-0.2, -0.15) is 0 Å². The fourth-order valence-corrected chi connectivity index (χ4v) is 2.25. The van der Waals surface area contributed by atoms with Gasteiger partial charge in [-0.15, -0.1) is 0 Å². The molecular weight excluding hydrogens is 258 g/mol. The molecule has 1 aliphatic heterocycles. The van der Waals surface area contributed by atoms with E-state index in [1.165, 1.54) is 0 Å². The topological polar surface area (TPSA) is 61.9 Å². The Bertz CT molecular complexity index is 317. The summed E-state index contributed by atoms with van der Waals surface area (Å²) in [6, 6.07) is -0.252. The third-order valence-corrected chi connectivity index (χ3v) is 3.68. The van der Waals surface area contributed by atoms with Crippen LogP contribution in [0.4, 0.5) is 0 Å². The lowest BCUT2D eigenvalue weighted by atomic mass is 10.2. The summed E-state index contributed by atoms with van der Waals surface area (Å²) >= 11 is 0. The quantitative estimate of drug-likeness (QED) is 0.642. The van der Waals surface area contributed by atoms with Gasteiger partial charge in [-0.1, -0.05) is 0 Å². The van der Waals surface area contributed by atoms with Crippen LogP contribution in [-0.2, 0) is 14.3 Å². The first-order chi connectivity index (χ1) is 9.56. The van der Waals surface area contributed by atoms with Crippen molar-refractivity contribution in [3.8, 4) is 0 Å². The predicted octanol–water partition coefficient (Wildman–Crippen LogP) is 0.0818. The Labute approximate surface area is 121 Å². The zero-order chi connectivity index (χ0) is 15.0. The van der Waals surface area contributed by atoms with E-state index in [-0.39, 0.29) is 24.4 Å². The van der Waals surface area contributed by atoms with Crippen LogP contribution < -0.4 is 5.32 Å². The fourth-order valence-electron chi connectivity index (χ4n) is 2.25. The maximum Gasteiger partial charge on any atom is 0.239 e. The second kappa shape index (κ2) is 8.92. The van der Waals surface area contributed by atoms with E-state index >= 15 is 0 Å². The van der Waals surface area contributed by atoms with Crippen molar-refractivity contribution in [1.29, 1.82) is 0 Å². The van der Waals surface area contributed by atoms with E-state index in [9.17, 15) is 9.59 Å². The van der Waals surface area contributed by atoms with Crippen LogP contribution in [0.1, 0.15) is 26.2 Å². The highest BCUT2D eigenvalue weighted by Crippen LogP contribution is 2.11. The zero-order valence-electron chi connectivity index (χ0n) is 12.9. The first kappa shape index (κ1) is 16.9. The molecule has 1 heterocycles. The molecule has 0 aromatic heterocycles. The lowest BCUT2D eigenvalue weighted by Gasteiger charge is -2.27. The predicted molar refractivity (Wildman–Crippen MR) is 77.4 cm³/mol. The fraction of sp³-hybridized carbons (Fsp3) is 0.857. The van der Waals surface area contributed by atoms with Gasteiger partial charge in [0.2, 0.25) is 11.8 Å². The Morgan fingerprint density at radius 2 is 2.00 bits per heavy atom. The molecule has 6 nitrogen and oxygen atoms in total. The van der Waals surface area contributed by atoms with Crippen molar-refractivity contribution in [2.24, 2.45) is 0 Å². The van der Waals surface area contributed by atoms with Crippen molar-refractivity contribution in [3.05, 3.63) is 0 Å². The molecular formula is C14H27N3O3. The number of carbonyl (C=O) groups is 2. The third kappa shape index (κ3) is 5.46. The van der Waals surface area contributed by atoms with E-state index in [4.69, 9.17) is 4.74 Å². The van der Waals surface area contributed by atoms with Gasteiger partial charge in [-0.05, 0) is 33.2 Å². The average Bonchev–Trinajstić information content (AvgIpc) is 2.96. The molecule has 1 fully saturated rings.